The first-order valence-corrected chi connectivity index (χ1v) is 10.5. The van der Waals surface area contributed by atoms with Crippen molar-refractivity contribution in [1.82, 2.24) is 4.98 Å². The van der Waals surface area contributed by atoms with Crippen molar-refractivity contribution in [3.05, 3.63) is 66.4 Å². The number of pyridine rings is 1. The lowest BCUT2D eigenvalue weighted by Gasteiger charge is -2.32. The number of nitriles is 1. The molecule has 5 nitrogen and oxygen atoms in total. The zero-order valence-electron chi connectivity index (χ0n) is 17.0. The number of ether oxygens (including phenoxy) is 1. The second-order valence-electron chi connectivity index (χ2n) is 7.95. The van der Waals surface area contributed by atoms with Crippen molar-refractivity contribution in [3.63, 3.8) is 0 Å². The summed E-state index contributed by atoms with van der Waals surface area (Å²) < 4.78 is 6.31. The molecule has 0 saturated heterocycles. The molecule has 3 aromatic rings. The standard InChI is InChI=1S/C25H25N3O2/c1-17(25(29)28-20-10-6-18(16-26)7-11-20)19-8-12-21(13-9-19)30-24-14-15-27-23-5-3-2-4-22(23)24/h2-7,10-11,14-15,17,19,21H,8-9,12-13H2,1H3,(H,28,29)/t17-,19?,21?/m1/s1. The van der Waals surface area contributed by atoms with Crippen molar-refractivity contribution in [2.45, 2.75) is 38.7 Å². The zero-order valence-corrected chi connectivity index (χ0v) is 17.0. The van der Waals surface area contributed by atoms with Gasteiger partial charge < -0.3 is 10.1 Å². The molecule has 0 spiro atoms. The minimum absolute atomic E-state index is 0.0317. The maximum absolute atomic E-state index is 12.7. The summed E-state index contributed by atoms with van der Waals surface area (Å²) in [4.78, 5) is 17.1. The summed E-state index contributed by atoms with van der Waals surface area (Å²) in [6, 6.07) is 19.0. The van der Waals surface area contributed by atoms with E-state index in [-0.39, 0.29) is 17.9 Å². The van der Waals surface area contributed by atoms with Crippen molar-refractivity contribution >= 4 is 22.5 Å². The first-order chi connectivity index (χ1) is 14.6. The van der Waals surface area contributed by atoms with E-state index in [0.29, 0.717) is 11.5 Å². The zero-order chi connectivity index (χ0) is 20.9. The fourth-order valence-corrected chi connectivity index (χ4v) is 4.16. The first-order valence-electron chi connectivity index (χ1n) is 10.5. The van der Waals surface area contributed by atoms with Crippen LogP contribution in [0.25, 0.3) is 10.9 Å². The number of amides is 1. The predicted molar refractivity (Wildman–Crippen MR) is 117 cm³/mol. The lowest BCUT2D eigenvalue weighted by Crippen LogP contribution is -2.32. The SMILES string of the molecule is C[C@@H](C(=O)Nc1ccc(C#N)cc1)C1CCC(Oc2ccnc3ccccc23)CC1. The van der Waals surface area contributed by atoms with Gasteiger partial charge in [-0.3, -0.25) is 9.78 Å². The van der Waals surface area contributed by atoms with Gasteiger partial charge in [0.15, 0.2) is 0 Å². The van der Waals surface area contributed by atoms with Crippen LogP contribution in [-0.2, 0) is 4.79 Å². The third kappa shape index (κ3) is 4.44. The van der Waals surface area contributed by atoms with Gasteiger partial charge in [0.25, 0.3) is 0 Å². The Balaban J connectivity index is 1.32. The number of carbonyl (C=O) groups excluding carboxylic acids is 1. The van der Waals surface area contributed by atoms with E-state index in [1.165, 1.54) is 0 Å². The number of aromatic nitrogens is 1. The van der Waals surface area contributed by atoms with E-state index < -0.39 is 0 Å². The van der Waals surface area contributed by atoms with Crippen LogP contribution in [0, 0.1) is 23.2 Å². The normalized spacial score (nSPS) is 19.6. The molecule has 0 bridgehead atoms. The highest BCUT2D eigenvalue weighted by atomic mass is 16.5. The van der Waals surface area contributed by atoms with Gasteiger partial charge >= 0.3 is 0 Å². The van der Waals surface area contributed by atoms with Crippen LogP contribution in [0.15, 0.2) is 60.8 Å². The first kappa shape index (κ1) is 19.9. The second-order valence-corrected chi connectivity index (χ2v) is 7.95. The Bertz CT molecular complexity index is 1060. The molecule has 0 radical (unpaired) electrons. The molecule has 1 atom stereocenters. The average Bonchev–Trinajstić information content (AvgIpc) is 2.80. The molecule has 0 unspecified atom stereocenters. The highest BCUT2D eigenvalue weighted by molar-refractivity contribution is 5.92. The van der Waals surface area contributed by atoms with Crippen LogP contribution >= 0.6 is 0 Å². The highest BCUT2D eigenvalue weighted by Crippen LogP contribution is 2.34. The summed E-state index contributed by atoms with van der Waals surface area (Å²) >= 11 is 0. The van der Waals surface area contributed by atoms with Crippen LogP contribution in [-0.4, -0.2) is 17.0 Å². The van der Waals surface area contributed by atoms with Gasteiger partial charge in [-0.05, 0) is 74.1 Å². The molecule has 1 amide bonds. The molecule has 1 aromatic heterocycles. The minimum atomic E-state index is -0.0663. The van der Waals surface area contributed by atoms with Crippen molar-refractivity contribution < 1.29 is 9.53 Å². The topological polar surface area (TPSA) is 75.0 Å². The summed E-state index contributed by atoms with van der Waals surface area (Å²) in [6.07, 6.45) is 5.77. The number of anilines is 1. The largest absolute Gasteiger partial charge is 0.490 e. The summed E-state index contributed by atoms with van der Waals surface area (Å²) in [5.74, 6) is 1.20. The fraction of sp³-hybridized carbons (Fsp3) is 0.320. The number of para-hydroxylation sites is 1. The monoisotopic (exact) mass is 399 g/mol. The van der Waals surface area contributed by atoms with E-state index >= 15 is 0 Å². The van der Waals surface area contributed by atoms with E-state index in [4.69, 9.17) is 10.00 Å². The van der Waals surface area contributed by atoms with Gasteiger partial charge in [-0.2, -0.15) is 5.26 Å². The summed E-state index contributed by atoms with van der Waals surface area (Å²) in [6.45, 7) is 2.00. The molecule has 152 valence electrons. The number of nitrogens with one attached hydrogen (secondary N) is 1. The summed E-state index contributed by atoms with van der Waals surface area (Å²) in [7, 11) is 0. The van der Waals surface area contributed by atoms with Crippen LogP contribution in [0.1, 0.15) is 38.2 Å². The van der Waals surface area contributed by atoms with Gasteiger partial charge in [0, 0.05) is 23.2 Å². The van der Waals surface area contributed by atoms with Gasteiger partial charge in [0.2, 0.25) is 5.91 Å². The van der Waals surface area contributed by atoms with E-state index in [2.05, 4.69) is 16.4 Å². The fourth-order valence-electron chi connectivity index (χ4n) is 4.16. The van der Waals surface area contributed by atoms with Gasteiger partial charge in [-0.25, -0.2) is 0 Å². The minimum Gasteiger partial charge on any atom is -0.490 e. The quantitative estimate of drug-likeness (QED) is 0.630. The Labute approximate surface area is 176 Å². The Morgan fingerprint density at radius 3 is 2.57 bits per heavy atom. The van der Waals surface area contributed by atoms with Crippen molar-refractivity contribution in [2.75, 3.05) is 5.32 Å². The van der Waals surface area contributed by atoms with E-state index in [1.54, 1.807) is 30.5 Å². The number of benzene rings is 2. The third-order valence-corrected chi connectivity index (χ3v) is 6.02. The Kier molecular flexibility index (Phi) is 5.94. The van der Waals surface area contributed by atoms with Crippen molar-refractivity contribution in [1.29, 1.82) is 5.26 Å². The van der Waals surface area contributed by atoms with Gasteiger partial charge in [0.1, 0.15) is 5.75 Å². The van der Waals surface area contributed by atoms with Crippen LogP contribution in [0.2, 0.25) is 0 Å². The van der Waals surface area contributed by atoms with Gasteiger partial charge in [0.05, 0.1) is 23.3 Å². The average molecular weight is 399 g/mol. The number of hydrogen-bond acceptors (Lipinski definition) is 4. The number of hydrogen-bond donors (Lipinski definition) is 1. The molecule has 1 aliphatic carbocycles. The van der Waals surface area contributed by atoms with Crippen molar-refractivity contribution in [3.8, 4) is 11.8 Å². The van der Waals surface area contributed by atoms with Crippen LogP contribution in [0.3, 0.4) is 0 Å². The molecule has 1 fully saturated rings. The molecule has 0 aliphatic heterocycles. The summed E-state index contributed by atoms with van der Waals surface area (Å²) in [5.41, 5.74) is 2.26. The number of fused-ring (bicyclic) bond motifs is 1. The molecular weight excluding hydrogens is 374 g/mol. The molecule has 5 heteroatoms. The maximum atomic E-state index is 12.7. The predicted octanol–water partition coefficient (Wildman–Crippen LogP) is 5.32. The van der Waals surface area contributed by atoms with E-state index in [1.807, 2.05) is 37.3 Å². The molecule has 2 aromatic carbocycles. The van der Waals surface area contributed by atoms with Crippen LogP contribution < -0.4 is 10.1 Å². The number of carbonyl (C=O) groups is 1. The van der Waals surface area contributed by atoms with Crippen molar-refractivity contribution in [2.24, 2.45) is 11.8 Å². The second kappa shape index (κ2) is 8.96. The lowest BCUT2D eigenvalue weighted by atomic mass is 9.79. The van der Waals surface area contributed by atoms with Gasteiger partial charge in [-0.1, -0.05) is 19.1 Å². The number of rotatable bonds is 5. The molecule has 1 saturated carbocycles. The molecule has 1 aliphatic rings. The molecule has 4 rings (SSSR count). The van der Waals surface area contributed by atoms with E-state index in [9.17, 15) is 4.79 Å². The Morgan fingerprint density at radius 2 is 1.83 bits per heavy atom. The van der Waals surface area contributed by atoms with Gasteiger partial charge in [-0.15, -0.1) is 0 Å². The Morgan fingerprint density at radius 1 is 1.10 bits per heavy atom. The van der Waals surface area contributed by atoms with E-state index in [0.717, 1.165) is 48.0 Å². The third-order valence-electron chi connectivity index (χ3n) is 6.02. The molecule has 1 heterocycles. The molecule has 30 heavy (non-hydrogen) atoms. The van der Waals surface area contributed by atoms with Crippen LogP contribution in [0.5, 0.6) is 5.75 Å². The summed E-state index contributed by atoms with van der Waals surface area (Å²) in [5, 5.41) is 12.9. The molecule has 1 N–H and O–H groups in total. The highest BCUT2D eigenvalue weighted by Gasteiger charge is 2.30. The lowest BCUT2D eigenvalue weighted by molar-refractivity contribution is -0.121. The van der Waals surface area contributed by atoms with Crippen LogP contribution in [0.4, 0.5) is 5.69 Å². The molecular formula is C25H25N3O2. The number of nitrogens with zero attached hydrogens (tertiary/aromatic N) is 2. The maximum Gasteiger partial charge on any atom is 0.227 e. The smallest absolute Gasteiger partial charge is 0.227 e. The Hall–Kier alpha value is -3.39.